The summed E-state index contributed by atoms with van der Waals surface area (Å²) in [5.74, 6) is 0. The average molecular weight is 285 g/mol. The van der Waals surface area contributed by atoms with Crippen molar-refractivity contribution in [1.29, 1.82) is 0 Å². The van der Waals surface area contributed by atoms with E-state index in [1.54, 1.807) is 11.3 Å². The lowest BCUT2D eigenvalue weighted by Crippen LogP contribution is -2.04. The smallest absolute Gasteiger partial charge is 0.0705 e. The van der Waals surface area contributed by atoms with E-state index >= 15 is 0 Å². The lowest BCUT2D eigenvalue weighted by Gasteiger charge is -1.95. The lowest BCUT2D eigenvalue weighted by atomic mass is 10.2. The molecule has 0 aliphatic carbocycles. The molecule has 2 aromatic heterocycles. The van der Waals surface area contributed by atoms with Gasteiger partial charge in [-0.05, 0) is 53.7 Å². The van der Waals surface area contributed by atoms with Crippen molar-refractivity contribution < 1.29 is 0 Å². The Morgan fingerprint density at radius 1 is 1.47 bits per heavy atom. The number of thiophene rings is 1. The zero-order valence-corrected chi connectivity index (χ0v) is 11.1. The molecule has 0 atom stereocenters. The summed E-state index contributed by atoms with van der Waals surface area (Å²) in [4.78, 5) is 4.68. The Morgan fingerprint density at radius 3 is 2.87 bits per heavy atom. The largest absolute Gasteiger partial charge is 0.358 e. The summed E-state index contributed by atoms with van der Waals surface area (Å²) in [6, 6.07) is 6.42. The van der Waals surface area contributed by atoms with Gasteiger partial charge in [-0.15, -0.1) is 11.3 Å². The van der Waals surface area contributed by atoms with Gasteiger partial charge in [0.1, 0.15) is 0 Å². The molecule has 0 fully saturated rings. The molecule has 2 aromatic rings. The Bertz CT molecular complexity index is 459. The van der Waals surface area contributed by atoms with Crippen LogP contribution in [0.1, 0.15) is 11.3 Å². The van der Waals surface area contributed by atoms with Crippen molar-refractivity contribution in [2.45, 2.75) is 13.5 Å². The van der Waals surface area contributed by atoms with Gasteiger partial charge in [-0.25, -0.2) is 0 Å². The first-order valence-corrected chi connectivity index (χ1v) is 6.40. The highest BCUT2D eigenvalue weighted by molar-refractivity contribution is 9.11. The molecule has 2 nitrogen and oxygen atoms in total. The molecule has 2 N–H and O–H groups in total. The molecule has 0 radical (unpaired) electrons. The van der Waals surface area contributed by atoms with Gasteiger partial charge in [0.15, 0.2) is 0 Å². The first-order valence-electron chi connectivity index (χ1n) is 4.79. The van der Waals surface area contributed by atoms with Crippen LogP contribution < -0.4 is 5.32 Å². The molecule has 15 heavy (non-hydrogen) atoms. The summed E-state index contributed by atoms with van der Waals surface area (Å²) in [5.41, 5.74) is 3.77. The van der Waals surface area contributed by atoms with E-state index in [0.717, 1.165) is 6.54 Å². The fourth-order valence-corrected chi connectivity index (χ4v) is 2.92. The van der Waals surface area contributed by atoms with Gasteiger partial charge in [0.25, 0.3) is 0 Å². The maximum absolute atomic E-state index is 3.48. The summed E-state index contributed by atoms with van der Waals surface area (Å²) in [5, 5.41) is 3.17. The summed E-state index contributed by atoms with van der Waals surface area (Å²) < 4.78 is 1.17. The van der Waals surface area contributed by atoms with Crippen LogP contribution >= 0.6 is 27.3 Å². The highest BCUT2D eigenvalue weighted by Crippen LogP contribution is 2.31. The number of H-pyrrole nitrogens is 1. The fraction of sp³-hybridized carbons (Fsp3) is 0.273. The maximum Gasteiger partial charge on any atom is 0.0705 e. The number of aromatic nitrogens is 1. The highest BCUT2D eigenvalue weighted by Gasteiger charge is 2.07. The number of rotatable bonds is 3. The van der Waals surface area contributed by atoms with Crippen LogP contribution in [0.25, 0.3) is 10.6 Å². The third-order valence-corrected chi connectivity index (χ3v) is 3.99. The van der Waals surface area contributed by atoms with Crippen LogP contribution in [-0.2, 0) is 6.54 Å². The topological polar surface area (TPSA) is 27.8 Å². The molecule has 0 spiro atoms. The zero-order chi connectivity index (χ0) is 10.8. The second-order valence-corrected chi connectivity index (χ2v) is 5.93. The Labute approximate surface area is 102 Å². The second-order valence-electron chi connectivity index (χ2n) is 3.47. The van der Waals surface area contributed by atoms with Gasteiger partial charge in [0.05, 0.1) is 14.4 Å². The predicted molar refractivity (Wildman–Crippen MR) is 69.3 cm³/mol. The van der Waals surface area contributed by atoms with Crippen molar-refractivity contribution in [3.8, 4) is 10.6 Å². The molecule has 0 bridgehead atoms. The van der Waals surface area contributed by atoms with Crippen LogP contribution in [-0.4, -0.2) is 12.0 Å². The van der Waals surface area contributed by atoms with Crippen LogP contribution in [0.3, 0.4) is 0 Å². The molecular formula is C11H13BrN2S. The van der Waals surface area contributed by atoms with Gasteiger partial charge >= 0.3 is 0 Å². The van der Waals surface area contributed by atoms with E-state index in [1.807, 2.05) is 7.05 Å². The van der Waals surface area contributed by atoms with E-state index in [1.165, 1.54) is 25.6 Å². The normalized spacial score (nSPS) is 10.9. The quantitative estimate of drug-likeness (QED) is 0.887. The van der Waals surface area contributed by atoms with Crippen molar-refractivity contribution in [3.63, 3.8) is 0 Å². The standard InChI is InChI=1S/C11H13BrN2S/c1-7-8(6-13-2)5-9(14-7)10-3-4-11(12)15-10/h3-5,13-14H,6H2,1-2H3. The van der Waals surface area contributed by atoms with Crippen LogP contribution in [0.5, 0.6) is 0 Å². The molecule has 0 amide bonds. The van der Waals surface area contributed by atoms with Crippen LogP contribution in [0.2, 0.25) is 0 Å². The Balaban J connectivity index is 2.33. The van der Waals surface area contributed by atoms with Gasteiger partial charge in [-0.3, -0.25) is 0 Å². The second kappa shape index (κ2) is 4.51. The minimum absolute atomic E-state index is 0.912. The Morgan fingerprint density at radius 2 is 2.27 bits per heavy atom. The molecule has 2 rings (SSSR count). The summed E-state index contributed by atoms with van der Waals surface area (Å²) >= 11 is 5.22. The minimum atomic E-state index is 0.912. The number of aromatic amines is 1. The van der Waals surface area contributed by atoms with E-state index in [0.29, 0.717) is 0 Å². The van der Waals surface area contributed by atoms with Crippen molar-refractivity contribution in [1.82, 2.24) is 10.3 Å². The van der Waals surface area contributed by atoms with Crippen molar-refractivity contribution in [2.24, 2.45) is 0 Å². The van der Waals surface area contributed by atoms with Gasteiger partial charge < -0.3 is 10.3 Å². The molecule has 0 aliphatic heterocycles. The highest BCUT2D eigenvalue weighted by atomic mass is 79.9. The number of halogens is 1. The fourth-order valence-electron chi connectivity index (χ4n) is 1.57. The van der Waals surface area contributed by atoms with E-state index < -0.39 is 0 Å². The monoisotopic (exact) mass is 284 g/mol. The molecular weight excluding hydrogens is 272 g/mol. The molecule has 0 unspecified atom stereocenters. The molecule has 80 valence electrons. The third kappa shape index (κ3) is 2.33. The van der Waals surface area contributed by atoms with Crippen molar-refractivity contribution in [3.05, 3.63) is 33.2 Å². The minimum Gasteiger partial charge on any atom is -0.358 e. The first kappa shape index (κ1) is 10.9. The van der Waals surface area contributed by atoms with E-state index in [4.69, 9.17) is 0 Å². The number of nitrogens with one attached hydrogen (secondary N) is 2. The van der Waals surface area contributed by atoms with Crippen molar-refractivity contribution >= 4 is 27.3 Å². The van der Waals surface area contributed by atoms with Gasteiger partial charge in [-0.1, -0.05) is 0 Å². The predicted octanol–water partition coefficient (Wildman–Crippen LogP) is 3.53. The SMILES string of the molecule is CNCc1cc(-c2ccc(Br)s2)[nH]c1C. The van der Waals surface area contributed by atoms with E-state index in [-0.39, 0.29) is 0 Å². The van der Waals surface area contributed by atoms with Crippen LogP contribution in [0.4, 0.5) is 0 Å². The molecule has 4 heteroatoms. The number of hydrogen-bond donors (Lipinski definition) is 2. The average Bonchev–Trinajstić information content (AvgIpc) is 2.75. The molecule has 0 aliphatic rings. The van der Waals surface area contributed by atoms with Gasteiger partial charge in [-0.2, -0.15) is 0 Å². The Kier molecular flexibility index (Phi) is 3.29. The summed E-state index contributed by atoms with van der Waals surface area (Å²) in [6.07, 6.45) is 0. The molecule has 0 saturated carbocycles. The summed E-state index contributed by atoms with van der Waals surface area (Å²) in [7, 11) is 1.97. The number of hydrogen-bond acceptors (Lipinski definition) is 2. The first-order chi connectivity index (χ1) is 7.20. The van der Waals surface area contributed by atoms with Crippen molar-refractivity contribution in [2.75, 3.05) is 7.05 Å². The maximum atomic E-state index is 3.48. The zero-order valence-electron chi connectivity index (χ0n) is 8.73. The third-order valence-electron chi connectivity index (χ3n) is 2.33. The summed E-state index contributed by atoms with van der Waals surface area (Å²) in [6.45, 7) is 3.02. The lowest BCUT2D eigenvalue weighted by molar-refractivity contribution is 0.812. The number of aryl methyl sites for hydroxylation is 1. The molecule has 0 aromatic carbocycles. The molecule has 2 heterocycles. The van der Waals surface area contributed by atoms with Crippen LogP contribution in [0, 0.1) is 6.92 Å². The van der Waals surface area contributed by atoms with Crippen LogP contribution in [0.15, 0.2) is 22.0 Å². The van der Waals surface area contributed by atoms with E-state index in [2.05, 4.69) is 51.4 Å². The Hall–Kier alpha value is -0.580. The van der Waals surface area contributed by atoms with E-state index in [9.17, 15) is 0 Å². The van der Waals surface area contributed by atoms with Gasteiger partial charge in [0, 0.05) is 12.2 Å². The van der Waals surface area contributed by atoms with Gasteiger partial charge in [0.2, 0.25) is 0 Å². The molecule has 0 saturated heterocycles.